The fraction of sp³-hybridized carbons (Fsp3) is 0.857. The maximum Gasteiger partial charge on any atom is 0.309 e. The predicted molar refractivity (Wildman–Crippen MR) is 32.0 cm³/mol. The van der Waals surface area contributed by atoms with Gasteiger partial charge >= 0.3 is 5.97 Å². The zero-order chi connectivity index (χ0) is 6.65. The average molecular weight is 126 g/mol. The van der Waals surface area contributed by atoms with E-state index >= 15 is 0 Å². The fourth-order valence-corrected chi connectivity index (χ4v) is 2.10. The van der Waals surface area contributed by atoms with E-state index in [2.05, 4.69) is 0 Å². The van der Waals surface area contributed by atoms with Crippen LogP contribution in [0.5, 0.6) is 0 Å². The lowest BCUT2D eigenvalue weighted by Gasteiger charge is -2.64. The van der Waals surface area contributed by atoms with Gasteiger partial charge in [0.15, 0.2) is 0 Å². The second kappa shape index (κ2) is 1.15. The lowest BCUT2D eigenvalue weighted by molar-refractivity contribution is -0.211. The number of hydrogen-bond donors (Lipinski definition) is 1. The molecule has 0 amide bonds. The molecule has 2 heteroatoms. The Morgan fingerprint density at radius 2 is 2.22 bits per heavy atom. The highest BCUT2D eigenvalue weighted by Gasteiger charge is 2.67. The van der Waals surface area contributed by atoms with E-state index in [1.54, 1.807) is 0 Å². The zero-order valence-corrected chi connectivity index (χ0v) is 5.42. The monoisotopic (exact) mass is 126 g/mol. The molecule has 0 saturated heterocycles. The van der Waals surface area contributed by atoms with Crippen molar-refractivity contribution in [3.05, 3.63) is 0 Å². The number of hydrogen-bond acceptors (Lipinski definition) is 1. The summed E-state index contributed by atoms with van der Waals surface area (Å²) in [6.45, 7) is 2.05. The van der Waals surface area contributed by atoms with E-state index in [1.807, 2.05) is 6.92 Å². The summed E-state index contributed by atoms with van der Waals surface area (Å²) < 4.78 is 0. The van der Waals surface area contributed by atoms with Crippen LogP contribution in [0.25, 0.3) is 0 Å². The fourth-order valence-electron chi connectivity index (χ4n) is 2.10. The Labute approximate surface area is 53.9 Å². The first-order chi connectivity index (χ1) is 4.17. The Kier molecular flexibility index (Phi) is 0.675. The Balaban J connectivity index is 2.19. The normalized spacial score (nSPS) is 53.4. The van der Waals surface area contributed by atoms with Crippen LogP contribution in [0.4, 0.5) is 0 Å². The molecule has 0 aromatic heterocycles. The lowest BCUT2D eigenvalue weighted by atomic mass is 9.38. The molecule has 0 aliphatic heterocycles. The van der Waals surface area contributed by atoms with Gasteiger partial charge < -0.3 is 5.11 Å². The van der Waals surface area contributed by atoms with Crippen molar-refractivity contribution in [3.8, 4) is 0 Å². The Morgan fingerprint density at radius 1 is 1.67 bits per heavy atom. The number of carboxylic acid groups (broad SMARTS) is 1. The van der Waals surface area contributed by atoms with Gasteiger partial charge in [0, 0.05) is 0 Å². The Bertz CT molecular complexity index is 168. The maximum absolute atomic E-state index is 10.6. The highest BCUT2D eigenvalue weighted by molar-refractivity contribution is 5.79. The molecule has 0 aromatic carbocycles. The molecule has 1 N–H and O–H groups in total. The van der Waals surface area contributed by atoms with Crippen molar-refractivity contribution in [1.29, 1.82) is 0 Å². The molecule has 3 aliphatic rings. The minimum Gasteiger partial charge on any atom is -0.481 e. The number of rotatable bonds is 1. The molecule has 3 aliphatic carbocycles. The molecule has 3 saturated carbocycles. The van der Waals surface area contributed by atoms with E-state index in [-0.39, 0.29) is 5.41 Å². The van der Waals surface area contributed by atoms with Crippen LogP contribution in [0.1, 0.15) is 19.8 Å². The van der Waals surface area contributed by atoms with Crippen molar-refractivity contribution in [2.75, 3.05) is 0 Å². The molecule has 0 aromatic rings. The quantitative estimate of drug-likeness (QED) is 0.571. The third-order valence-electron chi connectivity index (χ3n) is 3.26. The van der Waals surface area contributed by atoms with Crippen LogP contribution >= 0.6 is 0 Å². The van der Waals surface area contributed by atoms with E-state index < -0.39 is 5.97 Å². The minimum atomic E-state index is -0.572. The van der Waals surface area contributed by atoms with Gasteiger partial charge in [0.2, 0.25) is 0 Å². The SMILES string of the molecule is CC1C2CC1(C(=O)O)C2. The van der Waals surface area contributed by atoms with Crippen molar-refractivity contribution >= 4 is 5.97 Å². The molecule has 3 fully saturated rings. The standard InChI is InChI=1S/C7H10O2/c1-4-5-2-7(4,3-5)6(8)9/h4-5H,2-3H2,1H3,(H,8,9). The van der Waals surface area contributed by atoms with Crippen molar-refractivity contribution in [3.63, 3.8) is 0 Å². The summed E-state index contributed by atoms with van der Waals surface area (Å²) in [4.78, 5) is 10.6. The van der Waals surface area contributed by atoms with Gasteiger partial charge in [0.05, 0.1) is 5.41 Å². The average Bonchev–Trinajstić information content (AvgIpc) is 1.60. The van der Waals surface area contributed by atoms with E-state index in [1.165, 1.54) is 0 Å². The van der Waals surface area contributed by atoms with E-state index in [4.69, 9.17) is 5.11 Å². The van der Waals surface area contributed by atoms with Crippen LogP contribution in [0, 0.1) is 17.3 Å². The molecule has 0 spiro atoms. The van der Waals surface area contributed by atoms with Crippen molar-refractivity contribution in [2.24, 2.45) is 17.3 Å². The van der Waals surface area contributed by atoms with Crippen molar-refractivity contribution < 1.29 is 9.90 Å². The number of carboxylic acids is 1. The first-order valence-corrected chi connectivity index (χ1v) is 3.40. The summed E-state index contributed by atoms with van der Waals surface area (Å²) in [5.41, 5.74) is -0.259. The summed E-state index contributed by atoms with van der Waals surface area (Å²) >= 11 is 0. The third-order valence-corrected chi connectivity index (χ3v) is 3.26. The number of aliphatic carboxylic acids is 1. The Hall–Kier alpha value is -0.530. The van der Waals surface area contributed by atoms with Gasteiger partial charge in [0.1, 0.15) is 0 Å². The summed E-state index contributed by atoms with van der Waals surface area (Å²) in [6, 6.07) is 0. The van der Waals surface area contributed by atoms with Gasteiger partial charge in [-0.05, 0) is 24.7 Å². The zero-order valence-electron chi connectivity index (χ0n) is 5.42. The highest BCUT2D eigenvalue weighted by Crippen LogP contribution is 2.68. The first-order valence-electron chi connectivity index (χ1n) is 3.40. The van der Waals surface area contributed by atoms with Crippen molar-refractivity contribution in [1.82, 2.24) is 0 Å². The molecule has 0 heterocycles. The Morgan fingerprint density at radius 3 is 2.22 bits per heavy atom. The second-order valence-electron chi connectivity index (χ2n) is 3.42. The third kappa shape index (κ3) is 0.345. The molecule has 2 bridgehead atoms. The molecular weight excluding hydrogens is 116 g/mol. The molecule has 50 valence electrons. The lowest BCUT2D eigenvalue weighted by Crippen LogP contribution is -2.64. The molecule has 3 rings (SSSR count). The molecule has 9 heavy (non-hydrogen) atoms. The van der Waals surface area contributed by atoms with Crippen LogP contribution in [0.3, 0.4) is 0 Å². The van der Waals surface area contributed by atoms with Crippen LogP contribution in [-0.2, 0) is 4.79 Å². The van der Waals surface area contributed by atoms with Crippen LogP contribution < -0.4 is 0 Å². The van der Waals surface area contributed by atoms with Gasteiger partial charge in [-0.2, -0.15) is 0 Å². The van der Waals surface area contributed by atoms with Crippen molar-refractivity contribution in [2.45, 2.75) is 19.8 Å². The summed E-state index contributed by atoms with van der Waals surface area (Å²) in [7, 11) is 0. The van der Waals surface area contributed by atoms with Gasteiger partial charge in [0.25, 0.3) is 0 Å². The topological polar surface area (TPSA) is 37.3 Å². The summed E-state index contributed by atoms with van der Waals surface area (Å²) in [5.74, 6) is 0.647. The maximum atomic E-state index is 10.6. The molecule has 0 radical (unpaired) electrons. The van der Waals surface area contributed by atoms with Crippen LogP contribution in [0.2, 0.25) is 0 Å². The van der Waals surface area contributed by atoms with Gasteiger partial charge in [-0.1, -0.05) is 6.92 Å². The summed E-state index contributed by atoms with van der Waals surface area (Å²) in [6.07, 6.45) is 1.90. The molecule has 1 atom stereocenters. The summed E-state index contributed by atoms with van der Waals surface area (Å²) in [5, 5.41) is 8.70. The molecule has 1 unspecified atom stereocenters. The van der Waals surface area contributed by atoms with Gasteiger partial charge in [-0.15, -0.1) is 0 Å². The van der Waals surface area contributed by atoms with Gasteiger partial charge in [-0.3, -0.25) is 4.79 Å². The number of carbonyl (C=O) groups is 1. The highest BCUT2D eigenvalue weighted by atomic mass is 16.4. The van der Waals surface area contributed by atoms with E-state index in [0.29, 0.717) is 5.92 Å². The van der Waals surface area contributed by atoms with Gasteiger partial charge in [-0.25, -0.2) is 0 Å². The smallest absolute Gasteiger partial charge is 0.309 e. The minimum absolute atomic E-state index is 0.259. The second-order valence-corrected chi connectivity index (χ2v) is 3.42. The predicted octanol–water partition coefficient (Wildman–Crippen LogP) is 1.12. The molecular formula is C7H10O2. The van der Waals surface area contributed by atoms with Crippen LogP contribution in [-0.4, -0.2) is 11.1 Å². The van der Waals surface area contributed by atoms with E-state index in [0.717, 1.165) is 18.8 Å². The largest absolute Gasteiger partial charge is 0.481 e. The molecule has 2 nitrogen and oxygen atoms in total. The first kappa shape index (κ1) is 5.27. The van der Waals surface area contributed by atoms with E-state index in [9.17, 15) is 4.79 Å². The van der Waals surface area contributed by atoms with Crippen LogP contribution in [0.15, 0.2) is 0 Å².